The van der Waals surface area contributed by atoms with Crippen molar-refractivity contribution in [3.05, 3.63) is 23.8 Å². The molecule has 1 unspecified atom stereocenters. The van der Waals surface area contributed by atoms with E-state index in [1.807, 2.05) is 27.7 Å². The first-order valence-electron chi connectivity index (χ1n) is 11.7. The molecule has 10 heteroatoms. The molecule has 0 aliphatic rings. The molecule has 0 aliphatic heterocycles. The first kappa shape index (κ1) is 29.9. The minimum atomic E-state index is -1.80. The fourth-order valence-electron chi connectivity index (χ4n) is 3.29. The van der Waals surface area contributed by atoms with Crippen molar-refractivity contribution < 1.29 is 43.2 Å². The summed E-state index contributed by atoms with van der Waals surface area (Å²) < 4.78 is 20.6. The maximum Gasteiger partial charge on any atom is 0.508 e. The Morgan fingerprint density at radius 2 is 1.49 bits per heavy atom. The van der Waals surface area contributed by atoms with Crippen LogP contribution in [0.4, 0.5) is 4.79 Å². The van der Waals surface area contributed by atoms with Crippen LogP contribution in [0, 0.1) is 11.8 Å². The smallest absolute Gasteiger partial charge is 0.480 e. The van der Waals surface area contributed by atoms with Crippen LogP contribution in [0.3, 0.4) is 0 Å². The first-order valence-corrected chi connectivity index (χ1v) is 11.7. The van der Waals surface area contributed by atoms with Gasteiger partial charge in [0.2, 0.25) is 0 Å². The van der Waals surface area contributed by atoms with Gasteiger partial charge in [-0.2, -0.15) is 0 Å². The molecule has 196 valence electrons. The maximum atomic E-state index is 12.3. The molecule has 0 saturated carbocycles. The van der Waals surface area contributed by atoms with Crippen molar-refractivity contribution in [2.45, 2.75) is 78.9 Å². The van der Waals surface area contributed by atoms with E-state index in [4.69, 9.17) is 24.7 Å². The monoisotopic (exact) mass is 495 g/mol. The van der Waals surface area contributed by atoms with Crippen molar-refractivity contribution >= 4 is 24.1 Å². The summed E-state index contributed by atoms with van der Waals surface area (Å²) in [6.45, 7) is 10.7. The number of hydrogen-bond donors (Lipinski definition) is 2. The third-order valence-corrected chi connectivity index (χ3v) is 4.76. The molecule has 2 atom stereocenters. The number of aliphatic carboxylic acids is 1. The van der Waals surface area contributed by atoms with Gasteiger partial charge in [0.25, 0.3) is 0 Å². The number of carboxylic acid groups (broad SMARTS) is 1. The lowest BCUT2D eigenvalue weighted by Crippen LogP contribution is -2.52. The SMILES string of the molecule is CCOC(=O)O[C@@H](C)CC(N)(Cc1ccc(OC(=O)CC(C)C)c(OC(=O)CC(C)C)c1)C(=O)O. The van der Waals surface area contributed by atoms with Crippen LogP contribution < -0.4 is 15.2 Å². The Balaban J connectivity index is 3.18. The second kappa shape index (κ2) is 13.7. The number of hydrogen-bond acceptors (Lipinski definition) is 9. The largest absolute Gasteiger partial charge is 0.508 e. The minimum absolute atomic E-state index is 0.00573. The van der Waals surface area contributed by atoms with Crippen molar-refractivity contribution in [1.29, 1.82) is 0 Å². The molecule has 1 aromatic carbocycles. The maximum absolute atomic E-state index is 12.3. The summed E-state index contributed by atoms with van der Waals surface area (Å²) in [7, 11) is 0. The molecule has 0 saturated heterocycles. The predicted octanol–water partition coefficient (Wildman–Crippen LogP) is 3.87. The highest BCUT2D eigenvalue weighted by atomic mass is 16.7. The Hall–Kier alpha value is -3.14. The van der Waals surface area contributed by atoms with E-state index < -0.39 is 35.7 Å². The van der Waals surface area contributed by atoms with Gasteiger partial charge >= 0.3 is 24.1 Å². The average Bonchev–Trinajstić information content (AvgIpc) is 2.68. The highest BCUT2D eigenvalue weighted by Gasteiger charge is 2.37. The summed E-state index contributed by atoms with van der Waals surface area (Å²) in [4.78, 5) is 48.1. The number of ether oxygens (including phenoxy) is 4. The van der Waals surface area contributed by atoms with Crippen LogP contribution in [0.25, 0.3) is 0 Å². The van der Waals surface area contributed by atoms with Gasteiger partial charge in [-0.15, -0.1) is 0 Å². The molecule has 10 nitrogen and oxygen atoms in total. The lowest BCUT2D eigenvalue weighted by atomic mass is 9.86. The molecule has 0 fully saturated rings. The summed E-state index contributed by atoms with van der Waals surface area (Å²) >= 11 is 0. The van der Waals surface area contributed by atoms with Crippen molar-refractivity contribution in [3.63, 3.8) is 0 Å². The van der Waals surface area contributed by atoms with Crippen molar-refractivity contribution in [1.82, 2.24) is 0 Å². The lowest BCUT2D eigenvalue weighted by Gasteiger charge is -2.28. The highest BCUT2D eigenvalue weighted by molar-refractivity contribution is 5.79. The Morgan fingerprint density at radius 3 is 1.97 bits per heavy atom. The Bertz CT molecular complexity index is 897. The topological polar surface area (TPSA) is 151 Å². The normalized spacial score (nSPS) is 13.6. The van der Waals surface area contributed by atoms with Gasteiger partial charge in [-0.1, -0.05) is 33.8 Å². The van der Waals surface area contributed by atoms with Crippen molar-refractivity contribution in [2.75, 3.05) is 6.61 Å². The molecule has 1 aromatic rings. The molecule has 1 rings (SSSR count). The Morgan fingerprint density at radius 1 is 0.943 bits per heavy atom. The van der Waals surface area contributed by atoms with Crippen molar-refractivity contribution in [3.8, 4) is 11.5 Å². The zero-order chi connectivity index (χ0) is 26.8. The molecule has 0 aliphatic carbocycles. The summed E-state index contributed by atoms with van der Waals surface area (Å²) in [6.07, 6.45) is -1.82. The third-order valence-electron chi connectivity index (χ3n) is 4.76. The van der Waals surface area contributed by atoms with E-state index in [0.29, 0.717) is 5.56 Å². The van der Waals surface area contributed by atoms with E-state index in [0.717, 1.165) is 0 Å². The van der Waals surface area contributed by atoms with Gasteiger partial charge < -0.3 is 29.8 Å². The van der Waals surface area contributed by atoms with Gasteiger partial charge in [-0.05, 0) is 43.4 Å². The summed E-state index contributed by atoms with van der Waals surface area (Å²) in [5, 5.41) is 9.80. The number of carbonyl (C=O) groups is 4. The van der Waals surface area contributed by atoms with Crippen LogP contribution in [0.2, 0.25) is 0 Å². The van der Waals surface area contributed by atoms with Crippen LogP contribution in [0.5, 0.6) is 11.5 Å². The quantitative estimate of drug-likeness (QED) is 0.305. The summed E-state index contributed by atoms with van der Waals surface area (Å²) in [5.74, 6) is -2.15. The molecule has 0 bridgehead atoms. The number of rotatable bonds is 13. The third kappa shape index (κ3) is 10.8. The molecule has 0 amide bonds. The molecular weight excluding hydrogens is 458 g/mol. The molecular formula is C25H37NO9. The highest BCUT2D eigenvalue weighted by Crippen LogP contribution is 2.32. The standard InChI is InChI=1S/C25H37NO9/c1-7-32-24(31)33-17(6)13-25(26,23(29)30)14-18-8-9-19(34-21(27)10-15(2)3)20(12-18)35-22(28)11-16(4)5/h8-9,12,15-17H,7,10-11,13-14,26H2,1-6H3,(H,29,30)/t17-,25?/m0/s1. The molecule has 3 N–H and O–H groups in total. The van der Waals surface area contributed by atoms with E-state index >= 15 is 0 Å². The number of carbonyl (C=O) groups excluding carboxylic acids is 3. The summed E-state index contributed by atoms with van der Waals surface area (Å²) in [6, 6.07) is 4.41. The number of nitrogens with two attached hydrogens (primary N) is 1. The summed E-state index contributed by atoms with van der Waals surface area (Å²) in [5.41, 5.74) is 4.81. The van der Waals surface area contributed by atoms with Crippen LogP contribution in [-0.4, -0.2) is 47.4 Å². The van der Waals surface area contributed by atoms with Gasteiger partial charge in [-0.3, -0.25) is 14.4 Å². The Labute approximate surface area is 206 Å². The van der Waals surface area contributed by atoms with E-state index in [2.05, 4.69) is 0 Å². The first-order chi connectivity index (χ1) is 16.2. The van der Waals surface area contributed by atoms with E-state index in [1.165, 1.54) is 19.1 Å². The number of esters is 2. The number of benzene rings is 1. The zero-order valence-corrected chi connectivity index (χ0v) is 21.3. The second-order valence-corrected chi connectivity index (χ2v) is 9.38. The fraction of sp³-hybridized carbons (Fsp3) is 0.600. The molecule has 0 radical (unpaired) electrons. The van der Waals surface area contributed by atoms with E-state index in [-0.39, 0.29) is 55.6 Å². The van der Waals surface area contributed by atoms with E-state index in [1.54, 1.807) is 13.0 Å². The Kier molecular flexibility index (Phi) is 11.7. The molecule has 0 aromatic heterocycles. The van der Waals surface area contributed by atoms with Gasteiger partial charge in [0.1, 0.15) is 11.6 Å². The molecule has 0 heterocycles. The second-order valence-electron chi connectivity index (χ2n) is 9.38. The van der Waals surface area contributed by atoms with Gasteiger partial charge in [0.15, 0.2) is 11.5 Å². The van der Waals surface area contributed by atoms with Crippen LogP contribution in [0.15, 0.2) is 18.2 Å². The predicted molar refractivity (Wildman–Crippen MR) is 127 cm³/mol. The van der Waals surface area contributed by atoms with E-state index in [9.17, 15) is 24.3 Å². The molecule has 35 heavy (non-hydrogen) atoms. The van der Waals surface area contributed by atoms with Crippen molar-refractivity contribution in [2.24, 2.45) is 17.6 Å². The molecule has 0 spiro atoms. The van der Waals surface area contributed by atoms with Gasteiger partial charge in [-0.25, -0.2) is 4.79 Å². The minimum Gasteiger partial charge on any atom is -0.480 e. The van der Waals surface area contributed by atoms with Crippen LogP contribution in [-0.2, 0) is 30.3 Å². The van der Waals surface area contributed by atoms with Gasteiger partial charge in [0.05, 0.1) is 6.61 Å². The average molecular weight is 496 g/mol. The van der Waals surface area contributed by atoms with Gasteiger partial charge in [0, 0.05) is 25.7 Å². The van der Waals surface area contributed by atoms with Crippen LogP contribution in [0.1, 0.15) is 66.4 Å². The van der Waals surface area contributed by atoms with Crippen LogP contribution >= 0.6 is 0 Å². The zero-order valence-electron chi connectivity index (χ0n) is 21.3. The number of carboxylic acids is 1. The lowest BCUT2D eigenvalue weighted by molar-refractivity contribution is -0.144. The fourth-order valence-corrected chi connectivity index (χ4v) is 3.29.